The van der Waals surface area contributed by atoms with Gasteiger partial charge in [0, 0.05) is 19.8 Å². The SMILES string of the molecule is Cn1c(N2CCCC2C(N)=O)nc2cccnc21. The summed E-state index contributed by atoms with van der Waals surface area (Å²) in [5.74, 6) is 0.484. The van der Waals surface area contributed by atoms with Crippen LogP contribution in [0, 0.1) is 0 Å². The molecule has 1 aliphatic heterocycles. The second-order valence-electron chi connectivity index (χ2n) is 4.57. The fraction of sp³-hybridized carbons (Fsp3) is 0.417. The van der Waals surface area contributed by atoms with Crippen LogP contribution in [-0.2, 0) is 11.8 Å². The lowest BCUT2D eigenvalue weighted by Crippen LogP contribution is -2.41. The number of anilines is 1. The zero-order chi connectivity index (χ0) is 12.7. The Balaban J connectivity index is 2.09. The molecule has 1 fully saturated rings. The van der Waals surface area contributed by atoms with Gasteiger partial charge in [-0.1, -0.05) is 0 Å². The summed E-state index contributed by atoms with van der Waals surface area (Å²) in [5.41, 5.74) is 7.10. The molecule has 0 bridgehead atoms. The third kappa shape index (κ3) is 1.53. The van der Waals surface area contributed by atoms with Crippen LogP contribution >= 0.6 is 0 Å². The average molecular weight is 245 g/mol. The lowest BCUT2D eigenvalue weighted by molar-refractivity contribution is -0.119. The maximum Gasteiger partial charge on any atom is 0.240 e. The van der Waals surface area contributed by atoms with Gasteiger partial charge in [-0.25, -0.2) is 9.97 Å². The molecule has 1 aliphatic rings. The van der Waals surface area contributed by atoms with Crippen LogP contribution in [0.1, 0.15) is 12.8 Å². The van der Waals surface area contributed by atoms with Crippen LogP contribution in [0.25, 0.3) is 11.2 Å². The molecule has 2 N–H and O–H groups in total. The lowest BCUT2D eigenvalue weighted by Gasteiger charge is -2.22. The first-order chi connectivity index (χ1) is 8.68. The number of imidazole rings is 1. The summed E-state index contributed by atoms with van der Waals surface area (Å²) < 4.78 is 1.91. The number of nitrogens with two attached hydrogens (primary N) is 1. The van der Waals surface area contributed by atoms with E-state index in [1.165, 1.54) is 0 Å². The molecule has 6 heteroatoms. The molecule has 0 radical (unpaired) electrons. The van der Waals surface area contributed by atoms with Gasteiger partial charge in [-0.15, -0.1) is 0 Å². The molecule has 0 saturated carbocycles. The van der Waals surface area contributed by atoms with E-state index in [1.807, 2.05) is 28.6 Å². The molecule has 0 spiro atoms. The number of aromatic nitrogens is 3. The first-order valence-corrected chi connectivity index (χ1v) is 6.02. The van der Waals surface area contributed by atoms with E-state index >= 15 is 0 Å². The quantitative estimate of drug-likeness (QED) is 0.832. The van der Waals surface area contributed by atoms with Gasteiger partial charge in [0.05, 0.1) is 0 Å². The van der Waals surface area contributed by atoms with E-state index in [0.29, 0.717) is 0 Å². The van der Waals surface area contributed by atoms with Crippen LogP contribution < -0.4 is 10.6 Å². The summed E-state index contributed by atoms with van der Waals surface area (Å²) in [6.07, 6.45) is 3.50. The molecular formula is C12H15N5O. The smallest absolute Gasteiger partial charge is 0.240 e. The highest BCUT2D eigenvalue weighted by Gasteiger charge is 2.32. The third-order valence-electron chi connectivity index (χ3n) is 3.44. The average Bonchev–Trinajstić information content (AvgIpc) is 2.94. The fourth-order valence-corrected chi connectivity index (χ4v) is 2.57. The Bertz CT molecular complexity index is 606. The van der Waals surface area contributed by atoms with Gasteiger partial charge in [0.2, 0.25) is 11.9 Å². The zero-order valence-corrected chi connectivity index (χ0v) is 10.2. The number of hydrogen-bond donors (Lipinski definition) is 1. The number of rotatable bonds is 2. The Labute approximate surface area is 104 Å². The molecule has 1 atom stereocenters. The second-order valence-corrected chi connectivity index (χ2v) is 4.57. The monoisotopic (exact) mass is 245 g/mol. The molecule has 0 aromatic carbocycles. The van der Waals surface area contributed by atoms with Gasteiger partial charge >= 0.3 is 0 Å². The van der Waals surface area contributed by atoms with Crippen molar-refractivity contribution in [3.8, 4) is 0 Å². The topological polar surface area (TPSA) is 77.0 Å². The van der Waals surface area contributed by atoms with Gasteiger partial charge in [-0.3, -0.25) is 9.36 Å². The van der Waals surface area contributed by atoms with Crippen LogP contribution in [0.2, 0.25) is 0 Å². The summed E-state index contributed by atoms with van der Waals surface area (Å²) in [7, 11) is 1.91. The largest absolute Gasteiger partial charge is 0.368 e. The Morgan fingerprint density at radius 1 is 1.56 bits per heavy atom. The van der Waals surface area contributed by atoms with Gasteiger partial charge in [0.25, 0.3) is 0 Å². The molecule has 18 heavy (non-hydrogen) atoms. The van der Waals surface area contributed by atoms with Crippen molar-refractivity contribution < 1.29 is 4.79 Å². The molecule has 3 rings (SSSR count). The van der Waals surface area contributed by atoms with Crippen molar-refractivity contribution in [3.63, 3.8) is 0 Å². The summed E-state index contributed by atoms with van der Waals surface area (Å²) in [6.45, 7) is 0.810. The van der Waals surface area contributed by atoms with E-state index in [0.717, 1.165) is 36.5 Å². The number of nitrogens with zero attached hydrogens (tertiary/aromatic N) is 4. The molecule has 3 heterocycles. The Morgan fingerprint density at radius 2 is 2.39 bits per heavy atom. The lowest BCUT2D eigenvalue weighted by atomic mass is 10.2. The summed E-state index contributed by atoms with van der Waals surface area (Å²) >= 11 is 0. The normalized spacial score (nSPS) is 19.6. The maximum atomic E-state index is 11.4. The molecule has 94 valence electrons. The number of hydrogen-bond acceptors (Lipinski definition) is 4. The predicted molar refractivity (Wildman–Crippen MR) is 68.1 cm³/mol. The Hall–Kier alpha value is -2.11. The van der Waals surface area contributed by atoms with E-state index in [2.05, 4.69) is 9.97 Å². The van der Waals surface area contributed by atoms with Gasteiger partial charge in [0.15, 0.2) is 5.65 Å². The molecule has 2 aromatic rings. The van der Waals surface area contributed by atoms with Crippen LogP contribution in [-0.4, -0.2) is 33.0 Å². The highest BCUT2D eigenvalue weighted by atomic mass is 16.1. The zero-order valence-electron chi connectivity index (χ0n) is 10.2. The standard InChI is InChI=1S/C12H15N5O/c1-16-11-8(4-2-6-14-11)15-12(16)17-7-3-5-9(17)10(13)18/h2,4,6,9H,3,5,7H2,1H3,(H2,13,18). The number of amides is 1. The highest BCUT2D eigenvalue weighted by molar-refractivity contribution is 5.84. The molecule has 1 amide bonds. The number of carbonyl (C=O) groups is 1. The molecule has 6 nitrogen and oxygen atoms in total. The number of pyridine rings is 1. The number of primary amides is 1. The van der Waals surface area contributed by atoms with Crippen LogP contribution in [0.15, 0.2) is 18.3 Å². The Morgan fingerprint density at radius 3 is 3.11 bits per heavy atom. The van der Waals surface area contributed by atoms with E-state index in [-0.39, 0.29) is 11.9 Å². The van der Waals surface area contributed by atoms with Gasteiger partial charge in [-0.2, -0.15) is 0 Å². The van der Waals surface area contributed by atoms with Crippen LogP contribution in [0.4, 0.5) is 5.95 Å². The minimum absolute atomic E-state index is 0.250. The summed E-state index contributed by atoms with van der Waals surface area (Å²) in [6, 6.07) is 3.52. The second kappa shape index (κ2) is 3.97. The molecule has 0 aliphatic carbocycles. The van der Waals surface area contributed by atoms with Gasteiger partial charge in [-0.05, 0) is 25.0 Å². The Kier molecular flexibility index (Phi) is 2.43. The molecule has 1 unspecified atom stereocenters. The van der Waals surface area contributed by atoms with Gasteiger partial charge in [0.1, 0.15) is 11.6 Å². The summed E-state index contributed by atoms with van der Waals surface area (Å²) in [5, 5.41) is 0. The van der Waals surface area contributed by atoms with E-state index < -0.39 is 0 Å². The van der Waals surface area contributed by atoms with Crippen molar-refractivity contribution in [1.29, 1.82) is 0 Å². The molecule has 2 aromatic heterocycles. The van der Waals surface area contributed by atoms with Crippen molar-refractivity contribution in [1.82, 2.24) is 14.5 Å². The van der Waals surface area contributed by atoms with E-state index in [1.54, 1.807) is 6.20 Å². The highest BCUT2D eigenvalue weighted by Crippen LogP contribution is 2.26. The molecular weight excluding hydrogens is 230 g/mol. The fourth-order valence-electron chi connectivity index (χ4n) is 2.57. The van der Waals surface area contributed by atoms with Crippen LogP contribution in [0.3, 0.4) is 0 Å². The van der Waals surface area contributed by atoms with Crippen molar-refractivity contribution in [3.05, 3.63) is 18.3 Å². The van der Waals surface area contributed by atoms with Crippen molar-refractivity contribution in [2.24, 2.45) is 12.8 Å². The number of aryl methyl sites for hydroxylation is 1. The van der Waals surface area contributed by atoms with Gasteiger partial charge < -0.3 is 10.6 Å². The van der Waals surface area contributed by atoms with Crippen molar-refractivity contribution in [2.45, 2.75) is 18.9 Å². The first kappa shape index (κ1) is 11.0. The van der Waals surface area contributed by atoms with Crippen LogP contribution in [0.5, 0.6) is 0 Å². The number of carbonyl (C=O) groups excluding carboxylic acids is 1. The van der Waals surface area contributed by atoms with E-state index in [9.17, 15) is 4.79 Å². The molecule has 1 saturated heterocycles. The van der Waals surface area contributed by atoms with E-state index in [4.69, 9.17) is 5.73 Å². The minimum Gasteiger partial charge on any atom is -0.368 e. The van der Waals surface area contributed by atoms with Crippen molar-refractivity contribution >= 4 is 23.0 Å². The first-order valence-electron chi connectivity index (χ1n) is 6.02. The predicted octanol–water partition coefficient (Wildman–Crippen LogP) is 0.422. The van der Waals surface area contributed by atoms with Crippen molar-refractivity contribution in [2.75, 3.05) is 11.4 Å². The minimum atomic E-state index is -0.285. The maximum absolute atomic E-state index is 11.4. The number of fused-ring (bicyclic) bond motifs is 1. The third-order valence-corrected chi connectivity index (χ3v) is 3.44. The summed E-state index contributed by atoms with van der Waals surface area (Å²) in [4.78, 5) is 22.3.